The molecule has 0 radical (unpaired) electrons. The Bertz CT molecular complexity index is 952. The Labute approximate surface area is 163 Å². The molecule has 3 aromatic rings. The van der Waals surface area contributed by atoms with Gasteiger partial charge >= 0.3 is 0 Å². The minimum atomic E-state index is -0.185. The van der Waals surface area contributed by atoms with Gasteiger partial charge in [0.15, 0.2) is 0 Å². The molecule has 0 atom stereocenters. The summed E-state index contributed by atoms with van der Waals surface area (Å²) >= 11 is 0. The number of amides is 1. The van der Waals surface area contributed by atoms with E-state index in [0.29, 0.717) is 5.56 Å². The first-order valence-corrected chi connectivity index (χ1v) is 9.36. The van der Waals surface area contributed by atoms with Gasteiger partial charge in [-0.1, -0.05) is 0 Å². The summed E-state index contributed by atoms with van der Waals surface area (Å²) in [5, 5.41) is 6.19. The van der Waals surface area contributed by atoms with E-state index in [4.69, 9.17) is 0 Å². The van der Waals surface area contributed by atoms with E-state index >= 15 is 0 Å². The van der Waals surface area contributed by atoms with Gasteiger partial charge in [-0.15, -0.1) is 0 Å². The summed E-state index contributed by atoms with van der Waals surface area (Å²) in [5.74, 6) is 1.36. The van der Waals surface area contributed by atoms with Crippen LogP contribution in [0.3, 0.4) is 0 Å². The van der Waals surface area contributed by atoms with E-state index in [1.165, 1.54) is 12.8 Å². The maximum absolute atomic E-state index is 12.2. The number of aromatic nitrogens is 3. The van der Waals surface area contributed by atoms with Crippen LogP contribution in [-0.4, -0.2) is 33.9 Å². The van der Waals surface area contributed by atoms with Crippen LogP contribution >= 0.6 is 0 Å². The second-order valence-corrected chi connectivity index (χ2v) is 6.79. The van der Waals surface area contributed by atoms with Gasteiger partial charge in [0.05, 0.1) is 5.56 Å². The topological polar surface area (TPSA) is 83.0 Å². The Morgan fingerprint density at radius 1 is 1.04 bits per heavy atom. The molecule has 1 saturated heterocycles. The highest BCUT2D eigenvalue weighted by atomic mass is 16.1. The fraction of sp³-hybridized carbons (Fsp3) is 0.238. The molecule has 142 valence electrons. The first kappa shape index (κ1) is 17.9. The molecular weight excluding hydrogens is 352 g/mol. The van der Waals surface area contributed by atoms with Crippen LogP contribution in [0.15, 0.2) is 54.9 Å². The average molecular weight is 374 g/mol. The number of benzene rings is 1. The third kappa shape index (κ3) is 4.25. The molecule has 2 N–H and O–H groups in total. The lowest BCUT2D eigenvalue weighted by molar-refractivity contribution is 0.102. The molecule has 0 unspecified atom stereocenters. The summed E-state index contributed by atoms with van der Waals surface area (Å²) in [6, 6.07) is 12.9. The summed E-state index contributed by atoms with van der Waals surface area (Å²) in [5.41, 5.74) is 3.07. The van der Waals surface area contributed by atoms with Gasteiger partial charge in [-0.25, -0.2) is 4.98 Å². The minimum absolute atomic E-state index is 0.185. The predicted molar refractivity (Wildman–Crippen MR) is 110 cm³/mol. The maximum atomic E-state index is 12.2. The molecule has 0 aliphatic carbocycles. The normalized spacial score (nSPS) is 13.4. The lowest BCUT2D eigenvalue weighted by Gasteiger charge is -2.17. The van der Waals surface area contributed by atoms with Gasteiger partial charge in [-0.3, -0.25) is 9.78 Å². The summed E-state index contributed by atoms with van der Waals surface area (Å²) in [6.45, 7) is 3.99. The first-order valence-electron chi connectivity index (χ1n) is 9.36. The van der Waals surface area contributed by atoms with E-state index in [0.717, 1.165) is 41.9 Å². The molecule has 1 amide bonds. The number of nitrogens with zero attached hydrogens (tertiary/aromatic N) is 4. The molecule has 1 aliphatic heterocycles. The summed E-state index contributed by atoms with van der Waals surface area (Å²) in [4.78, 5) is 27.6. The number of carbonyl (C=O) groups is 1. The van der Waals surface area contributed by atoms with E-state index in [-0.39, 0.29) is 5.91 Å². The smallest absolute Gasteiger partial charge is 0.257 e. The van der Waals surface area contributed by atoms with Crippen molar-refractivity contribution in [3.8, 4) is 0 Å². The largest absolute Gasteiger partial charge is 0.341 e. The molecule has 0 bridgehead atoms. The number of nitrogens with one attached hydrogen (secondary N) is 2. The van der Waals surface area contributed by atoms with Crippen molar-refractivity contribution in [1.29, 1.82) is 0 Å². The van der Waals surface area contributed by atoms with Gasteiger partial charge < -0.3 is 15.5 Å². The SMILES string of the molecule is Cc1cc(Nc2ccc(NC(=O)c3cccnc3)cc2)nc(N2CCCC2)n1. The Balaban J connectivity index is 1.44. The lowest BCUT2D eigenvalue weighted by atomic mass is 10.2. The van der Waals surface area contributed by atoms with Gasteiger partial charge in [0.2, 0.25) is 5.95 Å². The number of pyridine rings is 1. The molecule has 0 spiro atoms. The van der Waals surface area contributed by atoms with E-state index < -0.39 is 0 Å². The fourth-order valence-corrected chi connectivity index (χ4v) is 3.16. The monoisotopic (exact) mass is 374 g/mol. The van der Waals surface area contributed by atoms with Crippen LogP contribution in [-0.2, 0) is 0 Å². The van der Waals surface area contributed by atoms with Crippen molar-refractivity contribution in [1.82, 2.24) is 15.0 Å². The number of rotatable bonds is 5. The van der Waals surface area contributed by atoms with Crippen LogP contribution in [0, 0.1) is 6.92 Å². The van der Waals surface area contributed by atoms with Crippen LogP contribution in [0.25, 0.3) is 0 Å². The quantitative estimate of drug-likeness (QED) is 0.707. The summed E-state index contributed by atoms with van der Waals surface area (Å²) in [7, 11) is 0. The van der Waals surface area contributed by atoms with Crippen molar-refractivity contribution in [2.75, 3.05) is 28.6 Å². The maximum Gasteiger partial charge on any atom is 0.257 e. The summed E-state index contributed by atoms with van der Waals surface area (Å²) < 4.78 is 0. The molecule has 1 aromatic carbocycles. The molecule has 3 heterocycles. The van der Waals surface area contributed by atoms with Crippen molar-refractivity contribution in [2.45, 2.75) is 19.8 Å². The van der Waals surface area contributed by atoms with Crippen LogP contribution in [0.1, 0.15) is 28.9 Å². The van der Waals surface area contributed by atoms with Gasteiger partial charge in [0, 0.05) is 48.6 Å². The predicted octanol–water partition coefficient (Wildman–Crippen LogP) is 3.78. The lowest BCUT2D eigenvalue weighted by Crippen LogP contribution is -2.21. The number of hydrogen-bond donors (Lipinski definition) is 2. The highest BCUT2D eigenvalue weighted by Gasteiger charge is 2.16. The Morgan fingerprint density at radius 3 is 2.50 bits per heavy atom. The van der Waals surface area contributed by atoms with Crippen molar-refractivity contribution in [3.05, 3.63) is 66.1 Å². The highest BCUT2D eigenvalue weighted by molar-refractivity contribution is 6.04. The second-order valence-electron chi connectivity index (χ2n) is 6.79. The second kappa shape index (κ2) is 8.04. The third-order valence-corrected chi connectivity index (χ3v) is 4.57. The van der Waals surface area contributed by atoms with Crippen molar-refractivity contribution in [3.63, 3.8) is 0 Å². The first-order chi connectivity index (χ1) is 13.7. The minimum Gasteiger partial charge on any atom is -0.341 e. The van der Waals surface area contributed by atoms with Crippen LogP contribution in [0.5, 0.6) is 0 Å². The molecule has 0 saturated carbocycles. The molecule has 1 fully saturated rings. The molecule has 28 heavy (non-hydrogen) atoms. The molecular formula is C21H22N6O. The number of aryl methyl sites for hydroxylation is 1. The molecule has 1 aliphatic rings. The number of hydrogen-bond acceptors (Lipinski definition) is 6. The fourth-order valence-electron chi connectivity index (χ4n) is 3.16. The number of carbonyl (C=O) groups excluding carboxylic acids is 1. The molecule has 4 rings (SSSR count). The van der Waals surface area contributed by atoms with E-state index in [1.54, 1.807) is 24.5 Å². The van der Waals surface area contributed by atoms with Crippen LogP contribution < -0.4 is 15.5 Å². The third-order valence-electron chi connectivity index (χ3n) is 4.57. The van der Waals surface area contributed by atoms with E-state index in [1.807, 2.05) is 37.3 Å². The zero-order chi connectivity index (χ0) is 19.3. The molecule has 7 heteroatoms. The average Bonchev–Trinajstić information content (AvgIpc) is 3.25. The standard InChI is InChI=1S/C21H22N6O/c1-15-13-19(26-21(23-15)27-11-2-3-12-27)24-17-6-8-18(9-7-17)25-20(28)16-5-4-10-22-14-16/h4-10,13-14H,2-3,11-12H2,1H3,(H,25,28)(H,23,24,26). The van der Waals surface area contributed by atoms with Crippen LogP contribution in [0.4, 0.5) is 23.1 Å². The zero-order valence-corrected chi connectivity index (χ0v) is 15.7. The highest BCUT2D eigenvalue weighted by Crippen LogP contribution is 2.22. The number of anilines is 4. The van der Waals surface area contributed by atoms with Gasteiger partial charge in [-0.2, -0.15) is 4.98 Å². The van der Waals surface area contributed by atoms with Crippen molar-refractivity contribution < 1.29 is 4.79 Å². The summed E-state index contributed by atoms with van der Waals surface area (Å²) in [6.07, 6.45) is 5.56. The Hall–Kier alpha value is -3.48. The van der Waals surface area contributed by atoms with E-state index in [9.17, 15) is 4.79 Å². The Morgan fingerprint density at radius 2 is 1.79 bits per heavy atom. The molecule has 7 nitrogen and oxygen atoms in total. The zero-order valence-electron chi connectivity index (χ0n) is 15.7. The van der Waals surface area contributed by atoms with E-state index in [2.05, 4.69) is 30.5 Å². The van der Waals surface area contributed by atoms with Crippen molar-refractivity contribution >= 4 is 29.0 Å². The van der Waals surface area contributed by atoms with Gasteiger partial charge in [0.25, 0.3) is 5.91 Å². The Kier molecular flexibility index (Phi) is 5.14. The van der Waals surface area contributed by atoms with Crippen molar-refractivity contribution in [2.24, 2.45) is 0 Å². The van der Waals surface area contributed by atoms with Gasteiger partial charge in [0.1, 0.15) is 5.82 Å². The van der Waals surface area contributed by atoms with Gasteiger partial charge in [-0.05, 0) is 56.2 Å². The molecule has 2 aromatic heterocycles. The van der Waals surface area contributed by atoms with Crippen LogP contribution in [0.2, 0.25) is 0 Å².